The van der Waals surface area contributed by atoms with Crippen molar-refractivity contribution < 1.29 is 22.7 Å². The van der Waals surface area contributed by atoms with Gasteiger partial charge in [0.25, 0.3) is 0 Å². The Bertz CT molecular complexity index is 1230. The van der Waals surface area contributed by atoms with Crippen molar-refractivity contribution in [3.63, 3.8) is 0 Å². The van der Waals surface area contributed by atoms with Crippen molar-refractivity contribution in [3.8, 4) is 0 Å². The second-order valence-electron chi connectivity index (χ2n) is 7.56. The van der Waals surface area contributed by atoms with Gasteiger partial charge in [-0.1, -0.05) is 23.8 Å². The minimum absolute atomic E-state index is 0.0312. The maximum atomic E-state index is 12.9. The number of fused-ring (bicyclic) bond motifs is 1. The lowest BCUT2D eigenvalue weighted by Gasteiger charge is -2.26. The van der Waals surface area contributed by atoms with Gasteiger partial charge in [-0.2, -0.15) is 4.31 Å². The predicted molar refractivity (Wildman–Crippen MR) is 116 cm³/mol. The molecule has 7 nitrogen and oxygen atoms in total. The molecule has 0 bridgehead atoms. The van der Waals surface area contributed by atoms with Crippen molar-refractivity contribution in [3.05, 3.63) is 70.9 Å². The molecule has 2 heterocycles. The fourth-order valence-electron chi connectivity index (χ4n) is 3.56. The molecule has 0 saturated carbocycles. The van der Waals surface area contributed by atoms with E-state index in [0.29, 0.717) is 43.1 Å². The van der Waals surface area contributed by atoms with E-state index in [2.05, 4.69) is 4.98 Å². The third-order valence-electron chi connectivity index (χ3n) is 5.26. The van der Waals surface area contributed by atoms with Crippen molar-refractivity contribution >= 4 is 26.9 Å². The van der Waals surface area contributed by atoms with Crippen molar-refractivity contribution in [2.24, 2.45) is 0 Å². The molecule has 31 heavy (non-hydrogen) atoms. The Hall–Kier alpha value is -2.81. The molecule has 0 atom stereocenters. The summed E-state index contributed by atoms with van der Waals surface area (Å²) < 4.78 is 37.8. The maximum Gasteiger partial charge on any atom is 0.340 e. The average Bonchev–Trinajstić information content (AvgIpc) is 2.78. The van der Waals surface area contributed by atoms with Gasteiger partial charge in [0, 0.05) is 18.5 Å². The molecule has 1 fully saturated rings. The average molecular weight is 441 g/mol. The van der Waals surface area contributed by atoms with E-state index in [4.69, 9.17) is 9.47 Å². The molecule has 0 N–H and O–H groups in total. The van der Waals surface area contributed by atoms with E-state index >= 15 is 0 Å². The fourth-order valence-corrected chi connectivity index (χ4v) is 5.04. The van der Waals surface area contributed by atoms with Crippen LogP contribution < -0.4 is 0 Å². The number of hydrogen-bond acceptors (Lipinski definition) is 6. The number of benzene rings is 2. The molecule has 1 saturated heterocycles. The lowest BCUT2D eigenvalue weighted by molar-refractivity contribution is 0.0471. The largest absolute Gasteiger partial charge is 0.457 e. The number of aryl methyl sites for hydroxylation is 2. The molecule has 0 unspecified atom stereocenters. The molecular weight excluding hydrogens is 416 g/mol. The van der Waals surface area contributed by atoms with Crippen molar-refractivity contribution in [1.82, 2.24) is 9.29 Å². The summed E-state index contributed by atoms with van der Waals surface area (Å²) in [6.07, 6.45) is 0. The second-order valence-corrected chi connectivity index (χ2v) is 9.50. The van der Waals surface area contributed by atoms with Gasteiger partial charge in [0.2, 0.25) is 10.0 Å². The number of aromatic nitrogens is 1. The Morgan fingerprint density at radius 3 is 2.65 bits per heavy atom. The number of morpholine rings is 1. The Morgan fingerprint density at radius 1 is 1.10 bits per heavy atom. The van der Waals surface area contributed by atoms with Crippen LogP contribution in [0.15, 0.2) is 53.4 Å². The number of ether oxygens (including phenoxy) is 2. The number of sulfonamides is 1. The van der Waals surface area contributed by atoms with E-state index in [-0.39, 0.29) is 11.5 Å². The van der Waals surface area contributed by atoms with Gasteiger partial charge in [0.15, 0.2) is 0 Å². The van der Waals surface area contributed by atoms with E-state index in [1.165, 1.54) is 4.31 Å². The second kappa shape index (κ2) is 8.74. The Kier molecular flexibility index (Phi) is 6.04. The first kappa shape index (κ1) is 21.4. The van der Waals surface area contributed by atoms with Crippen LogP contribution in [0.4, 0.5) is 0 Å². The maximum absolute atomic E-state index is 12.9. The summed E-state index contributed by atoms with van der Waals surface area (Å²) in [4.78, 5) is 17.4. The first-order valence-corrected chi connectivity index (χ1v) is 11.5. The minimum Gasteiger partial charge on any atom is -0.457 e. The molecule has 4 rings (SSSR count). The molecule has 1 aliphatic heterocycles. The number of esters is 1. The van der Waals surface area contributed by atoms with Crippen LogP contribution in [0.5, 0.6) is 0 Å². The van der Waals surface area contributed by atoms with Gasteiger partial charge in [-0.3, -0.25) is 4.98 Å². The van der Waals surface area contributed by atoms with Gasteiger partial charge in [-0.25, -0.2) is 13.2 Å². The summed E-state index contributed by atoms with van der Waals surface area (Å²) in [6.45, 7) is 5.15. The molecular formula is C23H24N2O5S. The number of nitrogens with zero attached hydrogens (tertiary/aromatic N) is 2. The molecule has 0 radical (unpaired) electrons. The highest BCUT2D eigenvalue weighted by atomic mass is 32.2. The quantitative estimate of drug-likeness (QED) is 0.566. The zero-order valence-electron chi connectivity index (χ0n) is 17.5. The van der Waals surface area contributed by atoms with E-state index < -0.39 is 16.0 Å². The van der Waals surface area contributed by atoms with Crippen LogP contribution in [0.1, 0.15) is 27.2 Å². The standard InChI is InChI=1S/C23H24N2O5S/c1-16-6-7-22-19(12-16)14-21(17(2)24-22)23(26)30-15-18-4-3-5-20(13-18)31(27,28)25-8-10-29-11-9-25/h3-7,12-14H,8-11,15H2,1-2H3. The van der Waals surface area contributed by atoms with E-state index in [1.54, 1.807) is 37.3 Å². The monoisotopic (exact) mass is 440 g/mol. The third-order valence-corrected chi connectivity index (χ3v) is 7.15. The summed E-state index contributed by atoms with van der Waals surface area (Å²) in [5.41, 5.74) is 3.49. The van der Waals surface area contributed by atoms with Crippen molar-refractivity contribution in [2.75, 3.05) is 26.3 Å². The lowest BCUT2D eigenvalue weighted by atomic mass is 10.1. The first-order chi connectivity index (χ1) is 14.8. The zero-order valence-corrected chi connectivity index (χ0v) is 18.3. The summed E-state index contributed by atoms with van der Waals surface area (Å²) in [7, 11) is -3.61. The zero-order chi connectivity index (χ0) is 22.0. The molecule has 0 amide bonds. The predicted octanol–water partition coefficient (Wildman–Crippen LogP) is 3.23. The van der Waals surface area contributed by atoms with Crippen molar-refractivity contribution in [1.29, 1.82) is 0 Å². The van der Waals surface area contributed by atoms with Crippen molar-refractivity contribution in [2.45, 2.75) is 25.3 Å². The highest BCUT2D eigenvalue weighted by Crippen LogP contribution is 2.21. The third kappa shape index (κ3) is 4.61. The molecule has 1 aromatic heterocycles. The van der Waals surface area contributed by atoms with Gasteiger partial charge in [-0.05, 0) is 49.7 Å². The number of rotatable bonds is 5. The molecule has 2 aromatic carbocycles. The minimum atomic E-state index is -3.61. The smallest absolute Gasteiger partial charge is 0.340 e. The number of carbonyl (C=O) groups is 1. The highest BCUT2D eigenvalue weighted by molar-refractivity contribution is 7.89. The molecule has 3 aromatic rings. The molecule has 1 aliphatic rings. The first-order valence-electron chi connectivity index (χ1n) is 10.1. The number of hydrogen-bond donors (Lipinski definition) is 0. The molecule has 162 valence electrons. The topological polar surface area (TPSA) is 85.8 Å². The van der Waals surface area contributed by atoms with Gasteiger partial charge in [0.1, 0.15) is 6.61 Å². The van der Waals surface area contributed by atoms with Crippen LogP contribution in [0.2, 0.25) is 0 Å². The van der Waals surface area contributed by atoms with Gasteiger partial charge >= 0.3 is 5.97 Å². The van der Waals surface area contributed by atoms with Gasteiger partial charge in [0.05, 0.1) is 34.9 Å². The summed E-state index contributed by atoms with van der Waals surface area (Å²) in [6, 6.07) is 14.1. The summed E-state index contributed by atoms with van der Waals surface area (Å²) in [5, 5.41) is 0.871. The van der Waals surface area contributed by atoms with Crippen LogP contribution in [-0.4, -0.2) is 50.0 Å². The number of pyridine rings is 1. The van der Waals surface area contributed by atoms with E-state index in [1.807, 2.05) is 25.1 Å². The molecule has 0 aliphatic carbocycles. The Labute approximate surface area is 181 Å². The summed E-state index contributed by atoms with van der Waals surface area (Å²) >= 11 is 0. The van der Waals surface area contributed by atoms with Crippen LogP contribution in [0.3, 0.4) is 0 Å². The summed E-state index contributed by atoms with van der Waals surface area (Å²) in [5.74, 6) is -0.491. The van der Waals surface area contributed by atoms with E-state index in [9.17, 15) is 13.2 Å². The van der Waals surface area contributed by atoms with Crippen LogP contribution >= 0.6 is 0 Å². The van der Waals surface area contributed by atoms with Gasteiger partial charge < -0.3 is 9.47 Å². The highest BCUT2D eigenvalue weighted by Gasteiger charge is 2.26. The van der Waals surface area contributed by atoms with Crippen LogP contribution in [-0.2, 0) is 26.1 Å². The number of carbonyl (C=O) groups excluding carboxylic acids is 1. The normalized spacial score (nSPS) is 15.2. The SMILES string of the molecule is Cc1ccc2nc(C)c(C(=O)OCc3cccc(S(=O)(=O)N4CCOCC4)c3)cc2c1. The lowest BCUT2D eigenvalue weighted by Crippen LogP contribution is -2.40. The van der Waals surface area contributed by atoms with E-state index in [0.717, 1.165) is 16.5 Å². The Balaban J connectivity index is 1.51. The molecule has 0 spiro atoms. The molecule has 8 heteroatoms. The Morgan fingerprint density at radius 2 is 1.87 bits per heavy atom. The van der Waals surface area contributed by atoms with Crippen LogP contribution in [0.25, 0.3) is 10.9 Å². The fraction of sp³-hybridized carbons (Fsp3) is 0.304. The van der Waals surface area contributed by atoms with Gasteiger partial charge in [-0.15, -0.1) is 0 Å². The van der Waals surface area contributed by atoms with Crippen LogP contribution in [0, 0.1) is 13.8 Å².